The van der Waals surface area contributed by atoms with Crippen molar-refractivity contribution in [2.24, 2.45) is 5.92 Å². The van der Waals surface area contributed by atoms with Gasteiger partial charge in [-0.05, 0) is 85.6 Å². The predicted molar refractivity (Wildman–Crippen MR) is 173 cm³/mol. The van der Waals surface area contributed by atoms with Crippen molar-refractivity contribution >= 4 is 26.5 Å². The van der Waals surface area contributed by atoms with Gasteiger partial charge in [0.1, 0.15) is 0 Å². The van der Waals surface area contributed by atoms with Crippen LogP contribution in [0.2, 0.25) is 0 Å². The van der Waals surface area contributed by atoms with E-state index in [4.69, 9.17) is 0 Å². The Morgan fingerprint density at radius 2 is 0.923 bits per heavy atom. The van der Waals surface area contributed by atoms with Crippen molar-refractivity contribution in [1.82, 2.24) is 0 Å². The zero-order valence-electron chi connectivity index (χ0n) is 24.6. The van der Waals surface area contributed by atoms with Crippen molar-refractivity contribution in [1.29, 1.82) is 0 Å². The fourth-order valence-corrected chi connectivity index (χ4v) is 16.5. The fourth-order valence-electron chi connectivity index (χ4n) is 8.39. The maximum Gasteiger partial charge on any atom is 0 e. The van der Waals surface area contributed by atoms with E-state index in [-0.39, 0.29) is 32.9 Å². The van der Waals surface area contributed by atoms with Gasteiger partial charge >= 0.3 is 0 Å². The van der Waals surface area contributed by atoms with E-state index in [9.17, 15) is 0 Å². The van der Waals surface area contributed by atoms with Crippen LogP contribution >= 0.6 is 15.8 Å². The van der Waals surface area contributed by atoms with Crippen molar-refractivity contribution in [2.75, 3.05) is 0 Å². The Bertz CT molecular complexity index is 837. The van der Waals surface area contributed by atoms with Gasteiger partial charge < -0.3 is 0 Å². The predicted octanol–water partition coefficient (Wildman–Crippen LogP) is 10.8. The first-order valence-corrected chi connectivity index (χ1v) is 19.5. The third kappa shape index (κ3) is 8.67. The summed E-state index contributed by atoms with van der Waals surface area (Å²) >= 11 is 0. The third-order valence-electron chi connectivity index (χ3n) is 10.3. The minimum absolute atomic E-state index is 0. The molecule has 3 heteroatoms. The van der Waals surface area contributed by atoms with Crippen LogP contribution in [0.1, 0.15) is 122 Å². The quantitative estimate of drug-likeness (QED) is 0.218. The van der Waals surface area contributed by atoms with Crippen LogP contribution < -0.4 is 10.6 Å². The van der Waals surface area contributed by atoms with Crippen LogP contribution in [0.3, 0.4) is 0 Å². The summed E-state index contributed by atoms with van der Waals surface area (Å²) in [6.07, 6.45) is 27.1. The number of hydrogen-bond donors (Lipinski definition) is 0. The largest absolute Gasteiger partial charge is 0.0971 e. The molecule has 0 amide bonds. The van der Waals surface area contributed by atoms with E-state index in [0.717, 1.165) is 28.6 Å². The Morgan fingerprint density at radius 1 is 0.513 bits per heavy atom. The standard InChI is InChI=1S/C31H44P2.C5H10.Fe/c1-25(32(26-15-6-2-7-16-26)27-17-8-3-9-18-27)30-23-14-24-31(30)33(28-19-10-4-11-20-28)29-21-12-5-13-22-29;1-2-4-5-3-1;/h4-5,10-13,19-22,25-27,30-31H,2-3,6-9,14-18,23-24H2,1H3;1-5H2;/t25-,30?,31?;;/m0../s1. The normalized spacial score (nSPS) is 25.2. The van der Waals surface area contributed by atoms with Crippen LogP contribution in [0.5, 0.6) is 0 Å². The van der Waals surface area contributed by atoms with Gasteiger partial charge in [0.05, 0.1) is 0 Å². The molecular weight excluding hydrogens is 550 g/mol. The molecule has 0 saturated heterocycles. The zero-order chi connectivity index (χ0) is 26.0. The van der Waals surface area contributed by atoms with Gasteiger partial charge in [-0.25, -0.2) is 0 Å². The molecule has 0 heterocycles. The minimum atomic E-state index is -0.273. The van der Waals surface area contributed by atoms with Gasteiger partial charge in [0.25, 0.3) is 0 Å². The van der Waals surface area contributed by atoms with Gasteiger partial charge in [0.2, 0.25) is 0 Å². The monoisotopic (exact) mass is 604 g/mol. The van der Waals surface area contributed by atoms with Gasteiger partial charge in [0, 0.05) is 17.1 Å². The molecule has 2 unspecified atom stereocenters. The van der Waals surface area contributed by atoms with Crippen LogP contribution in [0.15, 0.2) is 60.7 Å². The Morgan fingerprint density at radius 3 is 1.36 bits per heavy atom. The van der Waals surface area contributed by atoms with Crippen molar-refractivity contribution < 1.29 is 17.1 Å². The van der Waals surface area contributed by atoms with Crippen LogP contribution in [0.4, 0.5) is 0 Å². The molecule has 0 N–H and O–H groups in total. The van der Waals surface area contributed by atoms with E-state index in [1.165, 1.54) is 89.9 Å². The number of rotatable bonds is 7. The van der Waals surface area contributed by atoms with Gasteiger partial charge in [-0.2, -0.15) is 0 Å². The molecule has 0 spiro atoms. The molecule has 4 aliphatic carbocycles. The molecule has 0 aliphatic heterocycles. The summed E-state index contributed by atoms with van der Waals surface area (Å²) in [5, 5.41) is 3.23. The van der Waals surface area contributed by atoms with E-state index in [0.29, 0.717) is 0 Å². The third-order valence-corrected chi connectivity index (χ3v) is 17.3. The molecule has 0 bridgehead atoms. The van der Waals surface area contributed by atoms with Crippen molar-refractivity contribution in [3.05, 3.63) is 60.7 Å². The van der Waals surface area contributed by atoms with E-state index >= 15 is 0 Å². The Hall–Kier alpha value is -0.181. The first-order valence-electron chi connectivity index (χ1n) is 16.5. The fraction of sp³-hybridized carbons (Fsp3) is 0.667. The molecular formula is C36H54FeP2. The van der Waals surface area contributed by atoms with Gasteiger partial charge in [-0.1, -0.05) is 153 Å². The molecule has 4 aliphatic rings. The second-order valence-electron chi connectivity index (χ2n) is 12.7. The first kappa shape index (κ1) is 31.7. The van der Waals surface area contributed by atoms with Crippen LogP contribution in [-0.2, 0) is 17.1 Å². The molecule has 0 aromatic heterocycles. The Balaban J connectivity index is 0.000000530. The molecule has 0 nitrogen and oxygen atoms in total. The summed E-state index contributed by atoms with van der Waals surface area (Å²) in [5.41, 5.74) is 3.98. The van der Waals surface area contributed by atoms with Gasteiger partial charge in [-0.15, -0.1) is 0 Å². The summed E-state index contributed by atoms with van der Waals surface area (Å²) < 4.78 is 0. The summed E-state index contributed by atoms with van der Waals surface area (Å²) in [7, 11) is -0.121. The summed E-state index contributed by atoms with van der Waals surface area (Å²) in [5.74, 6) is 0.937. The van der Waals surface area contributed by atoms with Crippen molar-refractivity contribution in [3.63, 3.8) is 0 Å². The molecule has 216 valence electrons. The Labute approximate surface area is 254 Å². The van der Waals surface area contributed by atoms with E-state index in [1.807, 2.05) is 0 Å². The van der Waals surface area contributed by atoms with Gasteiger partial charge in [0.15, 0.2) is 0 Å². The molecule has 4 saturated carbocycles. The Kier molecular flexibility index (Phi) is 13.9. The topological polar surface area (TPSA) is 0 Å². The van der Waals surface area contributed by atoms with Crippen LogP contribution in [0.25, 0.3) is 0 Å². The maximum absolute atomic E-state index is 2.75. The second kappa shape index (κ2) is 17.1. The molecule has 2 aromatic carbocycles. The molecule has 2 aromatic rings. The molecule has 39 heavy (non-hydrogen) atoms. The average Bonchev–Trinajstić information content (AvgIpc) is 3.72. The smallest absolute Gasteiger partial charge is 0 e. The molecule has 4 fully saturated rings. The number of benzene rings is 2. The van der Waals surface area contributed by atoms with E-state index in [1.54, 1.807) is 36.3 Å². The summed E-state index contributed by atoms with van der Waals surface area (Å²) in [6, 6.07) is 23.2. The van der Waals surface area contributed by atoms with E-state index < -0.39 is 0 Å². The minimum Gasteiger partial charge on any atom is -0.0971 e. The number of hydrogen-bond acceptors (Lipinski definition) is 0. The van der Waals surface area contributed by atoms with Crippen LogP contribution in [0, 0.1) is 5.92 Å². The molecule has 3 atom stereocenters. The second-order valence-corrected chi connectivity index (χ2v) is 18.3. The summed E-state index contributed by atoms with van der Waals surface area (Å²) in [4.78, 5) is 0. The van der Waals surface area contributed by atoms with Crippen molar-refractivity contribution in [2.45, 2.75) is 145 Å². The molecule has 6 rings (SSSR count). The van der Waals surface area contributed by atoms with Crippen LogP contribution in [-0.4, -0.2) is 22.6 Å². The van der Waals surface area contributed by atoms with Gasteiger partial charge in [-0.3, -0.25) is 0 Å². The SMILES string of the molecule is C1CCCC1.C[C@@H](C1CCCC1P(c1ccccc1)c1ccccc1)P(C1CCCCC1)C1CCCCC1.[Fe]. The average molecular weight is 605 g/mol. The first-order chi connectivity index (χ1) is 18.8. The molecule has 0 radical (unpaired) electrons. The van der Waals surface area contributed by atoms with E-state index in [2.05, 4.69) is 67.6 Å². The zero-order valence-corrected chi connectivity index (χ0v) is 27.5. The summed E-state index contributed by atoms with van der Waals surface area (Å²) in [6.45, 7) is 2.75. The maximum atomic E-state index is 2.75. The van der Waals surface area contributed by atoms with Crippen molar-refractivity contribution in [3.8, 4) is 0 Å².